The van der Waals surface area contributed by atoms with Crippen LogP contribution in [0, 0.1) is 5.41 Å². The molecule has 0 atom stereocenters. The molecule has 1 aliphatic rings. The van der Waals surface area contributed by atoms with E-state index in [1.165, 1.54) is 0 Å². The van der Waals surface area contributed by atoms with Gasteiger partial charge in [-0.05, 0) is 30.3 Å². The first-order chi connectivity index (χ1) is 12.3. The van der Waals surface area contributed by atoms with Crippen molar-refractivity contribution in [3.8, 4) is 5.75 Å². The van der Waals surface area contributed by atoms with E-state index in [-0.39, 0.29) is 10.7 Å². The van der Waals surface area contributed by atoms with Crippen LogP contribution in [0.2, 0.25) is 18.1 Å². The predicted molar refractivity (Wildman–Crippen MR) is 108 cm³/mol. The summed E-state index contributed by atoms with van der Waals surface area (Å²) in [5, 5.41) is 20.9. The van der Waals surface area contributed by atoms with Crippen LogP contribution in [-0.2, 0) is 9.59 Å². The number of ketones is 1. The van der Waals surface area contributed by atoms with Crippen LogP contribution in [0.3, 0.4) is 0 Å². The second-order valence-corrected chi connectivity index (χ2v) is 12.6. The Bertz CT molecular complexity index is 879. The van der Waals surface area contributed by atoms with Crippen molar-refractivity contribution >= 4 is 31.4 Å². The second kappa shape index (κ2) is 7.03. The van der Waals surface area contributed by atoms with Gasteiger partial charge in [0.15, 0.2) is 5.76 Å². The zero-order valence-electron chi connectivity index (χ0n) is 16.1. The predicted octanol–water partition coefficient (Wildman–Crippen LogP) is 3.27. The van der Waals surface area contributed by atoms with E-state index in [4.69, 9.17) is 15.6 Å². The Hall–Kier alpha value is -2.87. The van der Waals surface area contributed by atoms with Crippen LogP contribution in [0.4, 0.5) is 5.69 Å². The number of nitrogens with two attached hydrogens (primary N) is 1. The summed E-state index contributed by atoms with van der Waals surface area (Å²) in [7, 11) is -2.12. The zero-order chi connectivity index (χ0) is 20.6. The fraction of sp³-hybridized carbons (Fsp3) is 0.316. The molecule has 27 heavy (non-hydrogen) atoms. The molecule has 1 aliphatic carbocycles. The third-order valence-electron chi connectivity index (χ3n) is 4.84. The highest BCUT2D eigenvalue weighted by atomic mass is 28.4. The molecule has 0 bridgehead atoms. The lowest BCUT2D eigenvalue weighted by Gasteiger charge is -2.37. The number of nitrogens with one attached hydrogen (secondary N) is 2. The van der Waals surface area contributed by atoms with Crippen molar-refractivity contribution in [3.63, 3.8) is 0 Å². The zero-order valence-corrected chi connectivity index (χ0v) is 17.1. The first kappa shape index (κ1) is 20.4. The molecule has 5 N–H and O–H groups in total. The van der Waals surface area contributed by atoms with Crippen LogP contribution in [0.15, 0.2) is 47.4 Å². The summed E-state index contributed by atoms with van der Waals surface area (Å²) in [6.07, 6.45) is 1.06. The summed E-state index contributed by atoms with van der Waals surface area (Å²) >= 11 is 0. The average Bonchev–Trinajstić information content (AvgIpc) is 2.53. The van der Waals surface area contributed by atoms with E-state index in [2.05, 4.69) is 39.2 Å². The molecule has 0 spiro atoms. The number of para-hydroxylation sites is 2. The molecule has 8 heteroatoms. The quantitative estimate of drug-likeness (QED) is 0.456. The Morgan fingerprint density at radius 1 is 1.26 bits per heavy atom. The number of carbonyl (C=O) groups excluding carboxylic acids is 2. The number of amides is 1. The molecule has 1 aromatic rings. The Kier molecular flexibility index (Phi) is 5.32. The van der Waals surface area contributed by atoms with Crippen LogP contribution in [0.5, 0.6) is 5.75 Å². The van der Waals surface area contributed by atoms with Gasteiger partial charge in [0.1, 0.15) is 17.0 Å². The van der Waals surface area contributed by atoms with Gasteiger partial charge in [0.2, 0.25) is 5.78 Å². The molecule has 0 unspecified atom stereocenters. The third kappa shape index (κ3) is 4.11. The molecule has 0 aromatic heterocycles. The van der Waals surface area contributed by atoms with Gasteiger partial charge in [-0.25, -0.2) is 0 Å². The van der Waals surface area contributed by atoms with Gasteiger partial charge in [-0.3, -0.25) is 15.0 Å². The summed E-state index contributed by atoms with van der Waals surface area (Å²) in [5.41, 5.74) is 4.60. The molecule has 1 amide bonds. The minimum atomic E-state index is -2.12. The van der Waals surface area contributed by atoms with Gasteiger partial charge in [-0.1, -0.05) is 32.9 Å². The van der Waals surface area contributed by atoms with Crippen molar-refractivity contribution < 1.29 is 19.1 Å². The molecule has 0 fully saturated rings. The Morgan fingerprint density at radius 2 is 1.85 bits per heavy atom. The number of anilines is 1. The van der Waals surface area contributed by atoms with Crippen LogP contribution in [0.25, 0.3) is 0 Å². The molecule has 7 nitrogen and oxygen atoms in total. The van der Waals surface area contributed by atoms with Crippen molar-refractivity contribution in [1.82, 2.24) is 0 Å². The molecule has 0 saturated heterocycles. The Balaban J connectivity index is 2.42. The van der Waals surface area contributed by atoms with Crippen molar-refractivity contribution in [2.45, 2.75) is 38.9 Å². The maximum atomic E-state index is 12.0. The number of rotatable bonds is 5. The van der Waals surface area contributed by atoms with E-state index in [1.807, 2.05) is 6.07 Å². The average molecular weight is 388 g/mol. The fourth-order valence-electron chi connectivity index (χ4n) is 2.22. The first-order valence-electron chi connectivity index (χ1n) is 8.48. The van der Waals surface area contributed by atoms with E-state index in [1.54, 1.807) is 18.2 Å². The standard InChI is InChI=1S/C19H25N3O4Si/c1-19(2,3)27(4,5)26-14-9-7-6-8-11(14)22-12-10-13(23)16(20)15(17(12)24)18(21)25/h6-10,20,22,24H,1-5H3,(H2,21,25). The number of aliphatic hydroxyl groups is 1. The van der Waals surface area contributed by atoms with Gasteiger partial charge in [0, 0.05) is 6.08 Å². The monoisotopic (exact) mass is 387 g/mol. The lowest BCUT2D eigenvalue weighted by Crippen LogP contribution is -2.44. The van der Waals surface area contributed by atoms with Crippen molar-refractivity contribution in [2.24, 2.45) is 5.73 Å². The molecule has 0 saturated carbocycles. The second-order valence-electron chi connectivity index (χ2n) is 7.87. The minimum Gasteiger partial charge on any atom is -0.542 e. The number of primary amides is 1. The highest BCUT2D eigenvalue weighted by molar-refractivity contribution is 6.74. The lowest BCUT2D eigenvalue weighted by atomic mass is 9.97. The number of allylic oxidation sites excluding steroid dienone is 1. The number of aliphatic hydroxyl groups excluding tert-OH is 1. The van der Waals surface area contributed by atoms with E-state index < -0.39 is 37.1 Å². The lowest BCUT2D eigenvalue weighted by molar-refractivity contribution is -0.115. The van der Waals surface area contributed by atoms with Gasteiger partial charge in [0.25, 0.3) is 14.2 Å². The van der Waals surface area contributed by atoms with E-state index in [0.29, 0.717) is 11.4 Å². The number of benzene rings is 1. The van der Waals surface area contributed by atoms with Crippen molar-refractivity contribution in [2.75, 3.05) is 5.32 Å². The van der Waals surface area contributed by atoms with Crippen LogP contribution in [0.1, 0.15) is 20.8 Å². The highest BCUT2D eigenvalue weighted by Gasteiger charge is 2.39. The maximum absolute atomic E-state index is 12.0. The number of hydrogen-bond donors (Lipinski definition) is 4. The van der Waals surface area contributed by atoms with Crippen LogP contribution in [-0.4, -0.2) is 30.8 Å². The maximum Gasteiger partial charge on any atom is 0.254 e. The van der Waals surface area contributed by atoms with Gasteiger partial charge < -0.3 is 20.6 Å². The first-order valence-corrected chi connectivity index (χ1v) is 11.4. The number of hydrogen-bond acceptors (Lipinski definition) is 6. The Labute approximate surface area is 159 Å². The molecule has 1 aromatic carbocycles. The third-order valence-corrected chi connectivity index (χ3v) is 9.18. The van der Waals surface area contributed by atoms with Crippen molar-refractivity contribution in [3.05, 3.63) is 47.4 Å². The summed E-state index contributed by atoms with van der Waals surface area (Å²) in [4.78, 5) is 23.5. The highest BCUT2D eigenvalue weighted by Crippen LogP contribution is 2.39. The van der Waals surface area contributed by atoms with E-state index >= 15 is 0 Å². The summed E-state index contributed by atoms with van der Waals surface area (Å²) < 4.78 is 6.33. The largest absolute Gasteiger partial charge is 0.542 e. The molecule has 2 rings (SSSR count). The normalized spacial score (nSPS) is 15.5. The Morgan fingerprint density at radius 3 is 2.41 bits per heavy atom. The molecule has 0 aliphatic heterocycles. The minimum absolute atomic E-state index is 0.00363. The van der Waals surface area contributed by atoms with Gasteiger partial charge >= 0.3 is 0 Å². The molecular formula is C19H25N3O4Si. The van der Waals surface area contributed by atoms with E-state index in [0.717, 1.165) is 6.08 Å². The summed E-state index contributed by atoms with van der Waals surface area (Å²) in [6.45, 7) is 10.6. The SMILES string of the molecule is CC(C)(C)[Si](C)(C)Oc1ccccc1NC1=CC(=O)C(=N)C(C(N)=O)=C1O. The fourth-order valence-corrected chi connectivity index (χ4v) is 3.25. The van der Waals surface area contributed by atoms with Crippen molar-refractivity contribution in [1.29, 1.82) is 5.41 Å². The smallest absolute Gasteiger partial charge is 0.254 e. The number of carbonyl (C=O) groups is 2. The van der Waals surface area contributed by atoms with Crippen LogP contribution >= 0.6 is 0 Å². The summed E-state index contributed by atoms with van der Waals surface area (Å²) in [6, 6.07) is 7.15. The van der Waals surface area contributed by atoms with Gasteiger partial charge in [-0.15, -0.1) is 0 Å². The molecule has 144 valence electrons. The molecule has 0 heterocycles. The summed E-state index contributed by atoms with van der Waals surface area (Å²) in [5.74, 6) is -1.71. The molecular weight excluding hydrogens is 362 g/mol. The molecule has 0 radical (unpaired) electrons. The topological polar surface area (TPSA) is 126 Å². The van der Waals surface area contributed by atoms with Gasteiger partial charge in [-0.2, -0.15) is 0 Å². The van der Waals surface area contributed by atoms with Gasteiger partial charge in [0.05, 0.1) is 11.4 Å². The van der Waals surface area contributed by atoms with Crippen LogP contribution < -0.4 is 15.5 Å². The van der Waals surface area contributed by atoms with E-state index in [9.17, 15) is 14.7 Å².